The van der Waals surface area contributed by atoms with Crippen molar-refractivity contribution in [1.29, 1.82) is 0 Å². The van der Waals surface area contributed by atoms with Crippen LogP contribution in [-0.4, -0.2) is 52.2 Å². The third-order valence-electron chi connectivity index (χ3n) is 4.42. The van der Waals surface area contributed by atoms with E-state index in [0.717, 1.165) is 35.7 Å². The van der Waals surface area contributed by atoms with Gasteiger partial charge in [-0.25, -0.2) is 9.97 Å². The fourth-order valence-electron chi connectivity index (χ4n) is 3.20. The number of ether oxygens (including phenoxy) is 1. The molecule has 3 rings (SSSR count). The van der Waals surface area contributed by atoms with E-state index in [-0.39, 0.29) is 17.7 Å². The molecule has 0 saturated carbocycles. The lowest BCUT2D eigenvalue weighted by atomic mass is 10.00. The summed E-state index contributed by atoms with van der Waals surface area (Å²) < 4.78 is 5.85. The lowest BCUT2D eigenvalue weighted by Crippen LogP contribution is -2.57. The van der Waals surface area contributed by atoms with E-state index in [1.807, 2.05) is 0 Å². The summed E-state index contributed by atoms with van der Waals surface area (Å²) in [7, 11) is 0. The second kappa shape index (κ2) is 6.34. The van der Waals surface area contributed by atoms with Gasteiger partial charge in [0, 0.05) is 30.1 Å². The summed E-state index contributed by atoms with van der Waals surface area (Å²) in [6.07, 6.45) is 2.21. The molecule has 0 aliphatic carbocycles. The zero-order valence-electron chi connectivity index (χ0n) is 14.6. The molecule has 0 aromatic carbocycles. The monoisotopic (exact) mass is 334 g/mol. The van der Waals surface area contributed by atoms with Gasteiger partial charge in [-0.15, -0.1) is 11.3 Å². The van der Waals surface area contributed by atoms with Crippen molar-refractivity contribution in [3.63, 3.8) is 0 Å². The number of thiophene rings is 1. The first-order valence-electron chi connectivity index (χ1n) is 8.20. The smallest absolute Gasteiger partial charge is 0.138 e. The number of anilines is 1. The molecule has 23 heavy (non-hydrogen) atoms. The van der Waals surface area contributed by atoms with Gasteiger partial charge in [0.1, 0.15) is 17.0 Å². The molecular formula is C17H26N4OS. The third kappa shape index (κ3) is 3.65. The number of morpholine rings is 1. The van der Waals surface area contributed by atoms with Crippen molar-refractivity contribution in [2.45, 2.75) is 52.4 Å². The van der Waals surface area contributed by atoms with Crippen molar-refractivity contribution in [3.8, 4) is 0 Å². The normalized spacial score (nSPS) is 23.3. The fourth-order valence-corrected chi connectivity index (χ4v) is 4.05. The van der Waals surface area contributed by atoms with Gasteiger partial charge >= 0.3 is 0 Å². The molecule has 0 bridgehead atoms. The number of aryl methyl sites for hydroxylation is 1. The highest BCUT2D eigenvalue weighted by Crippen LogP contribution is 2.28. The number of hydrogen-bond acceptors (Lipinski definition) is 6. The van der Waals surface area contributed by atoms with Gasteiger partial charge < -0.3 is 10.1 Å². The lowest BCUT2D eigenvalue weighted by Gasteiger charge is -2.45. The molecule has 126 valence electrons. The Morgan fingerprint density at radius 2 is 2.00 bits per heavy atom. The molecule has 3 heterocycles. The van der Waals surface area contributed by atoms with Crippen molar-refractivity contribution < 1.29 is 4.74 Å². The summed E-state index contributed by atoms with van der Waals surface area (Å²) in [4.78, 5) is 13.6. The van der Waals surface area contributed by atoms with E-state index in [9.17, 15) is 0 Å². The second-order valence-corrected chi connectivity index (χ2v) is 8.36. The Bertz CT molecular complexity index is 674. The van der Waals surface area contributed by atoms with Gasteiger partial charge in [0.25, 0.3) is 0 Å². The highest BCUT2D eigenvalue weighted by atomic mass is 32.1. The molecule has 0 radical (unpaired) electrons. The molecule has 5 nitrogen and oxygen atoms in total. The Hall–Kier alpha value is -1.24. The fraction of sp³-hybridized carbons (Fsp3) is 0.647. The molecule has 0 spiro atoms. The predicted molar refractivity (Wildman–Crippen MR) is 96.3 cm³/mol. The van der Waals surface area contributed by atoms with Crippen molar-refractivity contribution in [2.24, 2.45) is 0 Å². The molecule has 1 fully saturated rings. The van der Waals surface area contributed by atoms with Gasteiger partial charge in [0.05, 0.1) is 17.6 Å². The Balaban J connectivity index is 1.73. The van der Waals surface area contributed by atoms with E-state index in [0.29, 0.717) is 0 Å². The number of rotatable bonds is 4. The van der Waals surface area contributed by atoms with E-state index in [4.69, 9.17) is 4.74 Å². The maximum Gasteiger partial charge on any atom is 0.138 e. The van der Waals surface area contributed by atoms with Crippen molar-refractivity contribution in [1.82, 2.24) is 14.9 Å². The van der Waals surface area contributed by atoms with Crippen molar-refractivity contribution in [2.75, 3.05) is 25.0 Å². The second-order valence-electron chi connectivity index (χ2n) is 7.13. The summed E-state index contributed by atoms with van der Waals surface area (Å²) in [6, 6.07) is 2.16. The maximum absolute atomic E-state index is 5.85. The van der Waals surface area contributed by atoms with Crippen molar-refractivity contribution in [3.05, 3.63) is 17.3 Å². The number of aromatic nitrogens is 2. The van der Waals surface area contributed by atoms with Crippen LogP contribution in [0.15, 0.2) is 12.4 Å². The Morgan fingerprint density at radius 3 is 2.70 bits per heavy atom. The average Bonchev–Trinajstić information content (AvgIpc) is 2.85. The van der Waals surface area contributed by atoms with Crippen LogP contribution in [0, 0.1) is 6.92 Å². The molecule has 0 amide bonds. The number of nitrogens with one attached hydrogen (secondary N) is 1. The predicted octanol–water partition coefficient (Wildman–Crippen LogP) is 3.30. The summed E-state index contributed by atoms with van der Waals surface area (Å²) >= 11 is 1.71. The Labute approximate surface area is 142 Å². The minimum absolute atomic E-state index is 0.0363. The van der Waals surface area contributed by atoms with Crippen LogP contribution in [0.1, 0.15) is 32.6 Å². The average molecular weight is 334 g/mol. The first kappa shape index (κ1) is 16.6. The van der Waals surface area contributed by atoms with E-state index < -0.39 is 0 Å². The largest absolute Gasteiger partial charge is 0.373 e. The molecule has 2 aromatic rings. The van der Waals surface area contributed by atoms with E-state index >= 15 is 0 Å². The van der Waals surface area contributed by atoms with Crippen LogP contribution in [0.4, 0.5) is 5.82 Å². The van der Waals surface area contributed by atoms with E-state index in [2.05, 4.69) is 60.9 Å². The van der Waals surface area contributed by atoms with Crippen LogP contribution in [0.25, 0.3) is 10.2 Å². The summed E-state index contributed by atoms with van der Waals surface area (Å²) in [5.41, 5.74) is 0.0363. The summed E-state index contributed by atoms with van der Waals surface area (Å²) in [5.74, 6) is 0.932. The molecule has 6 heteroatoms. The van der Waals surface area contributed by atoms with Gasteiger partial charge in [-0.2, -0.15) is 0 Å². The number of hydrogen-bond donors (Lipinski definition) is 1. The third-order valence-corrected chi connectivity index (χ3v) is 5.38. The van der Waals surface area contributed by atoms with Gasteiger partial charge in [-0.05, 0) is 40.7 Å². The molecular weight excluding hydrogens is 308 g/mol. The maximum atomic E-state index is 5.85. The van der Waals surface area contributed by atoms with Gasteiger partial charge in [-0.3, -0.25) is 4.90 Å². The minimum Gasteiger partial charge on any atom is -0.373 e. The van der Waals surface area contributed by atoms with E-state index in [1.54, 1.807) is 17.7 Å². The topological polar surface area (TPSA) is 50.3 Å². The van der Waals surface area contributed by atoms with E-state index in [1.165, 1.54) is 4.88 Å². The SMILES string of the molecule is Cc1cc2c(NCC(C)(C)N3CC(C)OC(C)C3)ncnc2s1. The zero-order valence-corrected chi connectivity index (χ0v) is 15.4. The Morgan fingerprint density at radius 1 is 1.30 bits per heavy atom. The molecule has 1 aliphatic rings. The molecule has 2 atom stereocenters. The van der Waals surface area contributed by atoms with Gasteiger partial charge in [-0.1, -0.05) is 0 Å². The van der Waals surface area contributed by atoms with Crippen LogP contribution >= 0.6 is 11.3 Å². The standard InChI is InChI=1S/C17H26N4OS/c1-11-7-21(8-12(2)22-11)17(4,5)9-18-15-14-6-13(3)23-16(14)20-10-19-15/h6,10-12H,7-9H2,1-5H3,(H,18,19,20). The summed E-state index contributed by atoms with van der Waals surface area (Å²) in [6.45, 7) is 13.7. The number of nitrogens with zero attached hydrogens (tertiary/aromatic N) is 3. The molecule has 1 N–H and O–H groups in total. The van der Waals surface area contributed by atoms with Gasteiger partial charge in [0.15, 0.2) is 0 Å². The lowest BCUT2D eigenvalue weighted by molar-refractivity contribution is -0.0933. The summed E-state index contributed by atoms with van der Waals surface area (Å²) in [5, 5.41) is 4.66. The highest BCUT2D eigenvalue weighted by Gasteiger charge is 2.33. The van der Waals surface area contributed by atoms with Crippen molar-refractivity contribution >= 4 is 27.4 Å². The van der Waals surface area contributed by atoms with Crippen LogP contribution in [0.2, 0.25) is 0 Å². The minimum atomic E-state index is 0.0363. The van der Waals surface area contributed by atoms with Crippen LogP contribution in [0.3, 0.4) is 0 Å². The van der Waals surface area contributed by atoms with Gasteiger partial charge in [0.2, 0.25) is 0 Å². The zero-order chi connectivity index (χ0) is 16.6. The van der Waals surface area contributed by atoms with Crippen LogP contribution < -0.4 is 5.32 Å². The molecule has 1 aliphatic heterocycles. The number of fused-ring (bicyclic) bond motifs is 1. The first-order valence-corrected chi connectivity index (χ1v) is 9.02. The molecule has 2 aromatic heterocycles. The quantitative estimate of drug-likeness (QED) is 0.930. The van der Waals surface area contributed by atoms with Crippen LogP contribution in [-0.2, 0) is 4.74 Å². The first-order chi connectivity index (χ1) is 10.8. The van der Waals surface area contributed by atoms with Crippen LogP contribution in [0.5, 0.6) is 0 Å². The molecule has 2 unspecified atom stereocenters. The molecule has 1 saturated heterocycles. The Kier molecular flexibility index (Phi) is 4.58. The highest BCUT2D eigenvalue weighted by molar-refractivity contribution is 7.18.